The number of nitrogens with zero attached hydrogens (tertiary/aromatic N) is 2. The summed E-state index contributed by atoms with van der Waals surface area (Å²) in [5, 5.41) is 3.39. The SMILES string of the molecule is O=C1C=C(NCc2cnc(-c3ccccc3)nc2)CC(c2ccccc2)C1. The fourth-order valence-corrected chi connectivity index (χ4v) is 3.37. The van der Waals surface area contributed by atoms with Crippen molar-refractivity contribution in [3.63, 3.8) is 0 Å². The molecule has 1 aliphatic rings. The van der Waals surface area contributed by atoms with Gasteiger partial charge in [-0.25, -0.2) is 9.97 Å². The molecule has 1 aliphatic carbocycles. The van der Waals surface area contributed by atoms with Crippen LogP contribution in [0.2, 0.25) is 0 Å². The number of hydrogen-bond acceptors (Lipinski definition) is 4. The minimum Gasteiger partial charge on any atom is -0.384 e. The molecule has 1 unspecified atom stereocenters. The van der Waals surface area contributed by atoms with Gasteiger partial charge in [0.25, 0.3) is 0 Å². The van der Waals surface area contributed by atoms with Crippen LogP contribution in [0, 0.1) is 0 Å². The van der Waals surface area contributed by atoms with Crippen LogP contribution in [0.25, 0.3) is 11.4 Å². The molecule has 1 aromatic heterocycles. The highest BCUT2D eigenvalue weighted by atomic mass is 16.1. The Labute approximate surface area is 159 Å². The monoisotopic (exact) mass is 355 g/mol. The quantitative estimate of drug-likeness (QED) is 0.743. The molecular formula is C23H21N3O. The number of rotatable bonds is 5. The van der Waals surface area contributed by atoms with Crippen molar-refractivity contribution in [3.8, 4) is 11.4 Å². The van der Waals surface area contributed by atoms with E-state index in [2.05, 4.69) is 27.4 Å². The summed E-state index contributed by atoms with van der Waals surface area (Å²) in [5.41, 5.74) is 4.19. The lowest BCUT2D eigenvalue weighted by Gasteiger charge is -2.23. The molecule has 0 spiro atoms. The van der Waals surface area contributed by atoms with Crippen LogP contribution < -0.4 is 5.32 Å². The standard InChI is InChI=1S/C23H21N3O/c27-22-12-20(18-7-3-1-4-8-18)11-21(13-22)24-14-17-15-25-23(26-16-17)19-9-5-2-6-10-19/h1-10,13,15-16,20,24H,11-12,14H2. The van der Waals surface area contributed by atoms with Crippen molar-refractivity contribution in [1.82, 2.24) is 15.3 Å². The highest BCUT2D eigenvalue weighted by molar-refractivity contribution is 5.91. The highest BCUT2D eigenvalue weighted by Crippen LogP contribution is 2.30. The van der Waals surface area contributed by atoms with Gasteiger partial charge in [-0.05, 0) is 17.9 Å². The Morgan fingerprint density at radius 2 is 1.56 bits per heavy atom. The molecule has 3 aromatic rings. The van der Waals surface area contributed by atoms with Crippen LogP contribution in [0.15, 0.2) is 84.8 Å². The van der Waals surface area contributed by atoms with E-state index < -0.39 is 0 Å². The van der Waals surface area contributed by atoms with Gasteiger partial charge in [-0.2, -0.15) is 0 Å². The highest BCUT2D eigenvalue weighted by Gasteiger charge is 2.21. The molecule has 0 radical (unpaired) electrons. The Balaban J connectivity index is 1.40. The fourth-order valence-electron chi connectivity index (χ4n) is 3.37. The first kappa shape index (κ1) is 17.2. The number of ketones is 1. The molecule has 0 bridgehead atoms. The Kier molecular flexibility index (Phi) is 5.06. The van der Waals surface area contributed by atoms with Gasteiger partial charge in [0.1, 0.15) is 0 Å². The van der Waals surface area contributed by atoms with Crippen LogP contribution in [0.1, 0.15) is 29.9 Å². The summed E-state index contributed by atoms with van der Waals surface area (Å²) < 4.78 is 0. The summed E-state index contributed by atoms with van der Waals surface area (Å²) in [5.74, 6) is 1.13. The smallest absolute Gasteiger partial charge is 0.159 e. The van der Waals surface area contributed by atoms with E-state index in [1.54, 1.807) is 6.08 Å². The van der Waals surface area contributed by atoms with Crippen molar-refractivity contribution >= 4 is 5.78 Å². The van der Waals surface area contributed by atoms with Crippen molar-refractivity contribution < 1.29 is 4.79 Å². The summed E-state index contributed by atoms with van der Waals surface area (Å²) in [6, 6.07) is 20.2. The average Bonchev–Trinajstić information content (AvgIpc) is 2.73. The van der Waals surface area contributed by atoms with Gasteiger partial charge < -0.3 is 5.32 Å². The van der Waals surface area contributed by atoms with E-state index in [-0.39, 0.29) is 11.7 Å². The van der Waals surface area contributed by atoms with Gasteiger partial charge in [-0.15, -0.1) is 0 Å². The van der Waals surface area contributed by atoms with Crippen LogP contribution in [-0.2, 0) is 11.3 Å². The second-order valence-corrected chi connectivity index (χ2v) is 6.79. The van der Waals surface area contributed by atoms with Gasteiger partial charge in [0.2, 0.25) is 0 Å². The van der Waals surface area contributed by atoms with Crippen molar-refractivity contribution in [3.05, 3.63) is 96.0 Å². The third kappa shape index (κ3) is 4.29. The molecular weight excluding hydrogens is 334 g/mol. The first-order valence-corrected chi connectivity index (χ1v) is 9.16. The minimum atomic E-state index is 0.174. The predicted molar refractivity (Wildman–Crippen MR) is 106 cm³/mol. The number of carbonyl (C=O) groups is 1. The molecule has 1 heterocycles. The van der Waals surface area contributed by atoms with E-state index in [0.29, 0.717) is 13.0 Å². The lowest BCUT2D eigenvalue weighted by atomic mass is 9.85. The Hall–Kier alpha value is -3.27. The maximum absolute atomic E-state index is 12.1. The van der Waals surface area contributed by atoms with Crippen molar-refractivity contribution in [2.75, 3.05) is 0 Å². The van der Waals surface area contributed by atoms with Crippen LogP contribution >= 0.6 is 0 Å². The molecule has 4 rings (SSSR count). The van der Waals surface area contributed by atoms with Crippen molar-refractivity contribution in [2.45, 2.75) is 25.3 Å². The van der Waals surface area contributed by atoms with E-state index in [4.69, 9.17) is 0 Å². The van der Waals surface area contributed by atoms with Gasteiger partial charge in [0, 0.05) is 48.3 Å². The first-order valence-electron chi connectivity index (χ1n) is 9.16. The third-order valence-electron chi connectivity index (χ3n) is 4.78. The number of carbonyl (C=O) groups excluding carboxylic acids is 1. The van der Waals surface area contributed by atoms with Crippen LogP contribution in [-0.4, -0.2) is 15.8 Å². The second-order valence-electron chi connectivity index (χ2n) is 6.79. The summed E-state index contributed by atoms with van der Waals surface area (Å²) in [4.78, 5) is 21.0. The molecule has 4 heteroatoms. The number of aromatic nitrogens is 2. The fraction of sp³-hybridized carbons (Fsp3) is 0.174. The molecule has 134 valence electrons. The van der Waals surface area contributed by atoms with Crippen LogP contribution in [0.5, 0.6) is 0 Å². The molecule has 0 saturated carbocycles. The van der Waals surface area contributed by atoms with E-state index in [0.717, 1.165) is 29.1 Å². The van der Waals surface area contributed by atoms with Crippen LogP contribution in [0.3, 0.4) is 0 Å². The summed E-state index contributed by atoms with van der Waals surface area (Å²) in [6.07, 6.45) is 6.83. The Morgan fingerprint density at radius 1 is 0.889 bits per heavy atom. The molecule has 0 amide bonds. The van der Waals surface area contributed by atoms with E-state index in [1.165, 1.54) is 5.56 Å². The maximum Gasteiger partial charge on any atom is 0.159 e. The van der Waals surface area contributed by atoms with Gasteiger partial charge in [-0.3, -0.25) is 4.79 Å². The first-order chi connectivity index (χ1) is 13.3. The molecule has 4 nitrogen and oxygen atoms in total. The average molecular weight is 355 g/mol. The normalized spacial score (nSPS) is 16.7. The maximum atomic E-state index is 12.1. The molecule has 0 aliphatic heterocycles. The largest absolute Gasteiger partial charge is 0.384 e. The van der Waals surface area contributed by atoms with Gasteiger partial charge in [-0.1, -0.05) is 60.7 Å². The molecule has 2 aromatic carbocycles. The molecule has 0 saturated heterocycles. The van der Waals surface area contributed by atoms with E-state index in [9.17, 15) is 4.79 Å². The Bertz CT molecular complexity index is 934. The number of benzene rings is 2. The molecule has 1 N–H and O–H groups in total. The van der Waals surface area contributed by atoms with E-state index >= 15 is 0 Å². The molecule has 1 atom stereocenters. The summed E-state index contributed by atoms with van der Waals surface area (Å²) in [7, 11) is 0. The summed E-state index contributed by atoms with van der Waals surface area (Å²) in [6.45, 7) is 0.607. The van der Waals surface area contributed by atoms with Gasteiger partial charge >= 0.3 is 0 Å². The zero-order valence-electron chi connectivity index (χ0n) is 15.0. The lowest BCUT2D eigenvalue weighted by Crippen LogP contribution is -2.22. The number of allylic oxidation sites excluding steroid dienone is 2. The molecule has 27 heavy (non-hydrogen) atoms. The van der Waals surface area contributed by atoms with Gasteiger partial charge in [0.15, 0.2) is 11.6 Å². The van der Waals surface area contributed by atoms with Crippen molar-refractivity contribution in [2.24, 2.45) is 0 Å². The lowest BCUT2D eigenvalue weighted by molar-refractivity contribution is -0.115. The summed E-state index contributed by atoms with van der Waals surface area (Å²) >= 11 is 0. The van der Waals surface area contributed by atoms with Crippen molar-refractivity contribution in [1.29, 1.82) is 0 Å². The minimum absolute atomic E-state index is 0.174. The topological polar surface area (TPSA) is 54.9 Å². The predicted octanol–water partition coefficient (Wildman–Crippen LogP) is 4.26. The second kappa shape index (κ2) is 7.96. The van der Waals surface area contributed by atoms with E-state index in [1.807, 2.05) is 60.9 Å². The Morgan fingerprint density at radius 3 is 2.26 bits per heavy atom. The zero-order valence-corrected chi connectivity index (χ0v) is 15.0. The third-order valence-corrected chi connectivity index (χ3v) is 4.78. The number of nitrogens with one attached hydrogen (secondary N) is 1. The molecule has 0 fully saturated rings. The number of hydrogen-bond donors (Lipinski definition) is 1. The van der Waals surface area contributed by atoms with Crippen LogP contribution in [0.4, 0.5) is 0 Å². The van der Waals surface area contributed by atoms with Gasteiger partial charge in [0.05, 0.1) is 0 Å². The zero-order chi connectivity index (χ0) is 18.5.